The number of unbranched alkanes of at least 4 members (excludes halogenated alkanes) is 7. The van der Waals surface area contributed by atoms with Crippen molar-refractivity contribution in [2.45, 2.75) is 96.5 Å². The molecule has 3 nitrogen and oxygen atoms in total. The van der Waals surface area contributed by atoms with Crippen molar-refractivity contribution < 1.29 is 9.53 Å². The number of rotatable bonds is 16. The standard InChI is InChI=1S/C19H37NO2/c1-3-5-7-10-14-18(15-11-8-6-4-2)22-19(21)16-12-9-13-17-20/h3,18H,1,4-17,20H2,2H3. The lowest BCUT2D eigenvalue weighted by Gasteiger charge is -2.18. The summed E-state index contributed by atoms with van der Waals surface area (Å²) in [6.07, 6.45) is 15.8. The molecule has 0 saturated heterocycles. The maximum Gasteiger partial charge on any atom is 0.306 e. The Morgan fingerprint density at radius 1 is 1.05 bits per heavy atom. The summed E-state index contributed by atoms with van der Waals surface area (Å²) < 4.78 is 5.70. The van der Waals surface area contributed by atoms with Gasteiger partial charge in [-0.05, 0) is 57.9 Å². The predicted octanol–water partition coefficient (Wildman–Crippen LogP) is 5.13. The monoisotopic (exact) mass is 311 g/mol. The van der Waals surface area contributed by atoms with Crippen molar-refractivity contribution in [3.63, 3.8) is 0 Å². The number of carbonyl (C=O) groups excluding carboxylic acids is 1. The van der Waals surface area contributed by atoms with Crippen molar-refractivity contribution in [1.82, 2.24) is 0 Å². The second-order valence-corrected chi connectivity index (χ2v) is 6.13. The van der Waals surface area contributed by atoms with E-state index in [-0.39, 0.29) is 12.1 Å². The number of carbonyl (C=O) groups is 1. The molecule has 0 fully saturated rings. The van der Waals surface area contributed by atoms with Gasteiger partial charge in [0.15, 0.2) is 0 Å². The second-order valence-electron chi connectivity index (χ2n) is 6.13. The van der Waals surface area contributed by atoms with Crippen LogP contribution in [0.4, 0.5) is 0 Å². The maximum atomic E-state index is 11.9. The third kappa shape index (κ3) is 14.1. The summed E-state index contributed by atoms with van der Waals surface area (Å²) in [5.41, 5.74) is 5.46. The number of esters is 1. The zero-order valence-corrected chi connectivity index (χ0v) is 14.7. The number of nitrogens with two attached hydrogens (primary N) is 1. The molecular weight excluding hydrogens is 274 g/mol. The van der Waals surface area contributed by atoms with Crippen molar-refractivity contribution in [3.05, 3.63) is 12.7 Å². The van der Waals surface area contributed by atoms with E-state index in [0.717, 1.165) is 51.4 Å². The largest absolute Gasteiger partial charge is 0.462 e. The number of hydrogen-bond donors (Lipinski definition) is 1. The van der Waals surface area contributed by atoms with Crippen molar-refractivity contribution in [2.24, 2.45) is 5.73 Å². The van der Waals surface area contributed by atoms with Crippen LogP contribution in [0, 0.1) is 0 Å². The Kier molecular flexibility index (Phi) is 15.9. The molecule has 1 atom stereocenters. The van der Waals surface area contributed by atoms with E-state index >= 15 is 0 Å². The smallest absolute Gasteiger partial charge is 0.306 e. The number of ether oxygens (including phenoxy) is 1. The van der Waals surface area contributed by atoms with Gasteiger partial charge in [0, 0.05) is 6.42 Å². The van der Waals surface area contributed by atoms with Gasteiger partial charge in [-0.3, -0.25) is 4.79 Å². The molecule has 0 aromatic carbocycles. The van der Waals surface area contributed by atoms with Crippen molar-refractivity contribution in [2.75, 3.05) is 6.54 Å². The van der Waals surface area contributed by atoms with Crippen molar-refractivity contribution in [1.29, 1.82) is 0 Å². The lowest BCUT2D eigenvalue weighted by molar-refractivity contribution is -0.150. The van der Waals surface area contributed by atoms with E-state index in [9.17, 15) is 4.79 Å². The molecule has 1 unspecified atom stereocenters. The van der Waals surface area contributed by atoms with Crippen molar-refractivity contribution >= 4 is 5.97 Å². The van der Waals surface area contributed by atoms with Gasteiger partial charge in [0.05, 0.1) is 0 Å². The van der Waals surface area contributed by atoms with E-state index in [0.29, 0.717) is 13.0 Å². The first-order chi connectivity index (χ1) is 10.7. The molecule has 0 heterocycles. The highest BCUT2D eigenvalue weighted by Crippen LogP contribution is 2.16. The molecule has 0 aliphatic rings. The van der Waals surface area contributed by atoms with Crippen molar-refractivity contribution in [3.8, 4) is 0 Å². The first-order valence-corrected chi connectivity index (χ1v) is 9.25. The van der Waals surface area contributed by atoms with E-state index in [2.05, 4.69) is 13.5 Å². The number of hydrogen-bond acceptors (Lipinski definition) is 3. The summed E-state index contributed by atoms with van der Waals surface area (Å²) in [4.78, 5) is 11.9. The third-order valence-electron chi connectivity index (χ3n) is 3.95. The van der Waals surface area contributed by atoms with Crippen LogP contribution in [-0.4, -0.2) is 18.6 Å². The van der Waals surface area contributed by atoms with Crippen LogP contribution >= 0.6 is 0 Å². The van der Waals surface area contributed by atoms with Crippen LogP contribution in [0.25, 0.3) is 0 Å². The Bertz CT molecular complexity index is 266. The summed E-state index contributed by atoms with van der Waals surface area (Å²) in [6.45, 7) is 6.67. The summed E-state index contributed by atoms with van der Waals surface area (Å²) in [6, 6.07) is 0. The molecule has 0 saturated carbocycles. The van der Waals surface area contributed by atoms with Crippen LogP contribution in [-0.2, 0) is 9.53 Å². The molecule has 0 radical (unpaired) electrons. The molecule has 0 bridgehead atoms. The summed E-state index contributed by atoms with van der Waals surface area (Å²) >= 11 is 0. The predicted molar refractivity (Wildman–Crippen MR) is 94.8 cm³/mol. The Morgan fingerprint density at radius 3 is 2.36 bits per heavy atom. The fraction of sp³-hybridized carbons (Fsp3) is 0.842. The van der Waals surface area contributed by atoms with E-state index in [1.54, 1.807) is 0 Å². The quantitative estimate of drug-likeness (QED) is 0.244. The lowest BCUT2D eigenvalue weighted by Crippen LogP contribution is -2.18. The Morgan fingerprint density at radius 2 is 1.73 bits per heavy atom. The van der Waals surface area contributed by atoms with E-state index in [4.69, 9.17) is 10.5 Å². The van der Waals surface area contributed by atoms with Crippen LogP contribution < -0.4 is 5.73 Å². The minimum atomic E-state index is -0.0266. The fourth-order valence-electron chi connectivity index (χ4n) is 2.56. The SMILES string of the molecule is C=CCCCCC(CCCCCC)OC(=O)CCCCCN. The third-order valence-corrected chi connectivity index (χ3v) is 3.95. The van der Waals surface area contributed by atoms with Crippen LogP contribution in [0.15, 0.2) is 12.7 Å². The first kappa shape index (κ1) is 21.2. The zero-order valence-electron chi connectivity index (χ0n) is 14.7. The molecule has 130 valence electrons. The van der Waals surface area contributed by atoms with Gasteiger partial charge in [-0.1, -0.05) is 38.7 Å². The molecule has 22 heavy (non-hydrogen) atoms. The van der Waals surface area contributed by atoms with Gasteiger partial charge in [0.25, 0.3) is 0 Å². The molecule has 0 aromatic rings. The summed E-state index contributed by atoms with van der Waals surface area (Å²) in [5, 5.41) is 0. The maximum absolute atomic E-state index is 11.9. The van der Waals surface area contributed by atoms with Crippen LogP contribution in [0.2, 0.25) is 0 Å². The van der Waals surface area contributed by atoms with Gasteiger partial charge in [0.1, 0.15) is 6.10 Å². The molecule has 0 rings (SSSR count). The van der Waals surface area contributed by atoms with Crippen LogP contribution in [0.3, 0.4) is 0 Å². The summed E-state index contributed by atoms with van der Waals surface area (Å²) in [5.74, 6) is -0.0266. The van der Waals surface area contributed by atoms with Gasteiger partial charge in [0.2, 0.25) is 0 Å². The van der Waals surface area contributed by atoms with Crippen LogP contribution in [0.5, 0.6) is 0 Å². The highest BCUT2D eigenvalue weighted by atomic mass is 16.5. The molecule has 3 heteroatoms. The van der Waals surface area contributed by atoms with Crippen LogP contribution in [0.1, 0.15) is 90.4 Å². The van der Waals surface area contributed by atoms with Gasteiger partial charge in [-0.25, -0.2) is 0 Å². The molecule has 0 aliphatic carbocycles. The normalized spacial score (nSPS) is 12.1. The van der Waals surface area contributed by atoms with Gasteiger partial charge < -0.3 is 10.5 Å². The second kappa shape index (κ2) is 16.5. The topological polar surface area (TPSA) is 52.3 Å². The Hall–Kier alpha value is -0.830. The van der Waals surface area contributed by atoms with Gasteiger partial charge in [-0.2, -0.15) is 0 Å². The fourth-order valence-corrected chi connectivity index (χ4v) is 2.56. The lowest BCUT2D eigenvalue weighted by atomic mass is 10.0. The molecule has 2 N–H and O–H groups in total. The summed E-state index contributed by atoms with van der Waals surface area (Å²) in [7, 11) is 0. The minimum Gasteiger partial charge on any atom is -0.462 e. The average Bonchev–Trinajstić information content (AvgIpc) is 2.52. The van der Waals surface area contributed by atoms with E-state index in [1.165, 1.54) is 25.7 Å². The minimum absolute atomic E-state index is 0.0266. The molecule has 0 amide bonds. The number of allylic oxidation sites excluding steroid dienone is 1. The molecule has 0 aromatic heterocycles. The first-order valence-electron chi connectivity index (χ1n) is 9.25. The Labute approximate surface area is 137 Å². The molecule has 0 aliphatic heterocycles. The zero-order chi connectivity index (χ0) is 16.5. The highest BCUT2D eigenvalue weighted by molar-refractivity contribution is 5.69. The highest BCUT2D eigenvalue weighted by Gasteiger charge is 2.13. The van der Waals surface area contributed by atoms with Gasteiger partial charge in [-0.15, -0.1) is 6.58 Å². The van der Waals surface area contributed by atoms with E-state index < -0.39 is 0 Å². The Balaban J connectivity index is 3.96. The van der Waals surface area contributed by atoms with E-state index in [1.807, 2.05) is 6.08 Å². The average molecular weight is 312 g/mol. The molecule has 0 spiro atoms. The molecular formula is C19H37NO2. The van der Waals surface area contributed by atoms with Gasteiger partial charge >= 0.3 is 5.97 Å².